The molecule has 0 N–H and O–H groups in total. The van der Waals surface area contributed by atoms with Gasteiger partial charge in [-0.25, -0.2) is 4.39 Å². The minimum Gasteiger partial charge on any atom is -0.490 e. The first-order valence-electron chi connectivity index (χ1n) is 4.38. The van der Waals surface area contributed by atoms with E-state index in [9.17, 15) is 4.39 Å². The fourth-order valence-corrected chi connectivity index (χ4v) is 1.19. The Labute approximate surface area is 78.5 Å². The summed E-state index contributed by atoms with van der Waals surface area (Å²) < 4.78 is 18.5. The molecule has 0 bridgehead atoms. The van der Waals surface area contributed by atoms with Gasteiger partial charge in [0.2, 0.25) is 0 Å². The summed E-state index contributed by atoms with van der Waals surface area (Å²) in [5.41, 5.74) is 0.849. The minimum absolute atomic E-state index is 0.291. The number of benzene rings is 1. The molecule has 1 nitrogen and oxygen atoms in total. The third-order valence-corrected chi connectivity index (χ3v) is 1.79. The van der Waals surface area contributed by atoms with Crippen molar-refractivity contribution in [3.63, 3.8) is 0 Å². The van der Waals surface area contributed by atoms with E-state index in [1.165, 1.54) is 6.07 Å². The van der Waals surface area contributed by atoms with Crippen molar-refractivity contribution >= 4 is 0 Å². The van der Waals surface area contributed by atoms with Crippen LogP contribution in [0.15, 0.2) is 18.2 Å². The fourth-order valence-electron chi connectivity index (χ4n) is 1.19. The van der Waals surface area contributed by atoms with Crippen molar-refractivity contribution in [1.29, 1.82) is 0 Å². The lowest BCUT2D eigenvalue weighted by Gasteiger charge is -2.12. The maximum atomic E-state index is 13.3. The number of rotatable bonds is 3. The SMILES string of the molecule is CCOc1c(F)cccc1[C](C)C. The molecule has 1 radical (unpaired) electrons. The summed E-state index contributed by atoms with van der Waals surface area (Å²) in [6.45, 7) is 6.22. The Morgan fingerprint density at radius 2 is 2.08 bits per heavy atom. The van der Waals surface area contributed by atoms with E-state index in [0.717, 1.165) is 11.5 Å². The summed E-state index contributed by atoms with van der Waals surface area (Å²) in [4.78, 5) is 0. The molecule has 0 aliphatic heterocycles. The van der Waals surface area contributed by atoms with Crippen LogP contribution in [0.25, 0.3) is 0 Å². The molecule has 1 aromatic rings. The van der Waals surface area contributed by atoms with E-state index in [2.05, 4.69) is 0 Å². The number of hydrogen-bond donors (Lipinski definition) is 0. The van der Waals surface area contributed by atoms with Crippen LogP contribution in [0.2, 0.25) is 0 Å². The minimum atomic E-state index is -0.291. The second kappa shape index (κ2) is 4.26. The zero-order valence-corrected chi connectivity index (χ0v) is 8.23. The van der Waals surface area contributed by atoms with Gasteiger partial charge in [-0.1, -0.05) is 26.0 Å². The van der Waals surface area contributed by atoms with E-state index in [0.29, 0.717) is 12.4 Å². The quantitative estimate of drug-likeness (QED) is 0.695. The maximum Gasteiger partial charge on any atom is 0.165 e. The largest absolute Gasteiger partial charge is 0.490 e. The Morgan fingerprint density at radius 3 is 2.62 bits per heavy atom. The average Bonchev–Trinajstić information content (AvgIpc) is 2.08. The van der Waals surface area contributed by atoms with E-state index < -0.39 is 0 Å². The predicted octanol–water partition coefficient (Wildman–Crippen LogP) is 3.19. The van der Waals surface area contributed by atoms with Gasteiger partial charge in [0, 0.05) is 11.5 Å². The van der Waals surface area contributed by atoms with Crippen LogP contribution in [0, 0.1) is 11.7 Å². The lowest BCUT2D eigenvalue weighted by atomic mass is 10.0. The Morgan fingerprint density at radius 1 is 1.38 bits per heavy atom. The molecule has 71 valence electrons. The lowest BCUT2D eigenvalue weighted by Crippen LogP contribution is -2.00. The zero-order valence-electron chi connectivity index (χ0n) is 8.23. The molecular formula is C11H14FO. The van der Waals surface area contributed by atoms with Crippen LogP contribution in [0.5, 0.6) is 5.75 Å². The van der Waals surface area contributed by atoms with Crippen LogP contribution in [0.1, 0.15) is 26.3 Å². The number of halogens is 1. The molecule has 1 rings (SSSR count). The van der Waals surface area contributed by atoms with Gasteiger partial charge in [0.05, 0.1) is 6.61 Å². The third-order valence-electron chi connectivity index (χ3n) is 1.79. The Hall–Kier alpha value is -1.05. The van der Waals surface area contributed by atoms with Crippen molar-refractivity contribution in [2.24, 2.45) is 0 Å². The highest BCUT2D eigenvalue weighted by atomic mass is 19.1. The summed E-state index contributed by atoms with van der Waals surface area (Å²) >= 11 is 0. The Balaban J connectivity index is 3.09. The fraction of sp³-hybridized carbons (Fsp3) is 0.364. The monoisotopic (exact) mass is 181 g/mol. The first-order chi connectivity index (χ1) is 6.16. The first-order valence-corrected chi connectivity index (χ1v) is 4.38. The topological polar surface area (TPSA) is 9.23 Å². The van der Waals surface area contributed by atoms with E-state index in [1.807, 2.05) is 26.8 Å². The van der Waals surface area contributed by atoms with Crippen molar-refractivity contribution < 1.29 is 9.13 Å². The van der Waals surface area contributed by atoms with Gasteiger partial charge in [-0.2, -0.15) is 0 Å². The molecule has 0 aliphatic rings. The van der Waals surface area contributed by atoms with Gasteiger partial charge in [-0.3, -0.25) is 0 Å². The summed E-state index contributed by atoms with van der Waals surface area (Å²) in [7, 11) is 0. The second-order valence-electron chi connectivity index (χ2n) is 3.05. The Bertz CT molecular complexity index is 281. The van der Waals surface area contributed by atoms with Crippen LogP contribution in [0.3, 0.4) is 0 Å². The zero-order chi connectivity index (χ0) is 9.84. The van der Waals surface area contributed by atoms with Crippen LogP contribution in [0.4, 0.5) is 4.39 Å². The molecule has 0 aliphatic carbocycles. The van der Waals surface area contributed by atoms with Crippen molar-refractivity contribution in [2.45, 2.75) is 20.8 Å². The Kier molecular flexibility index (Phi) is 3.29. The number of para-hydroxylation sites is 1. The van der Waals surface area contributed by atoms with Gasteiger partial charge in [-0.15, -0.1) is 0 Å². The van der Waals surface area contributed by atoms with Crippen LogP contribution >= 0.6 is 0 Å². The molecule has 0 amide bonds. The highest BCUT2D eigenvalue weighted by molar-refractivity contribution is 5.42. The van der Waals surface area contributed by atoms with E-state index >= 15 is 0 Å². The van der Waals surface area contributed by atoms with E-state index in [-0.39, 0.29) is 5.82 Å². The van der Waals surface area contributed by atoms with Gasteiger partial charge in [-0.05, 0) is 13.0 Å². The van der Waals surface area contributed by atoms with E-state index in [1.54, 1.807) is 6.07 Å². The summed E-state index contributed by atoms with van der Waals surface area (Å²) in [6, 6.07) is 4.97. The third kappa shape index (κ3) is 2.20. The maximum absolute atomic E-state index is 13.3. The van der Waals surface area contributed by atoms with Crippen molar-refractivity contribution in [1.82, 2.24) is 0 Å². The molecule has 0 unspecified atom stereocenters. The number of hydrogen-bond acceptors (Lipinski definition) is 1. The smallest absolute Gasteiger partial charge is 0.165 e. The second-order valence-corrected chi connectivity index (χ2v) is 3.05. The summed E-state index contributed by atoms with van der Waals surface area (Å²) in [5, 5.41) is 0. The highest BCUT2D eigenvalue weighted by Gasteiger charge is 2.11. The normalized spacial score (nSPS) is 10.5. The van der Waals surface area contributed by atoms with Crippen molar-refractivity contribution in [2.75, 3.05) is 6.61 Å². The van der Waals surface area contributed by atoms with Gasteiger partial charge in [0.25, 0.3) is 0 Å². The van der Waals surface area contributed by atoms with Crippen molar-refractivity contribution in [3.8, 4) is 5.75 Å². The van der Waals surface area contributed by atoms with Gasteiger partial charge < -0.3 is 4.74 Å². The molecule has 0 saturated carbocycles. The first kappa shape index (κ1) is 10.0. The molecule has 1 aromatic carbocycles. The molecule has 0 spiro atoms. The summed E-state index contributed by atoms with van der Waals surface area (Å²) in [6.07, 6.45) is 0. The van der Waals surface area contributed by atoms with E-state index in [4.69, 9.17) is 4.74 Å². The van der Waals surface area contributed by atoms with Crippen LogP contribution < -0.4 is 4.74 Å². The molecule has 2 heteroatoms. The lowest BCUT2D eigenvalue weighted by molar-refractivity contribution is 0.319. The molecule has 0 saturated heterocycles. The molecule has 0 fully saturated rings. The highest BCUT2D eigenvalue weighted by Crippen LogP contribution is 2.28. The van der Waals surface area contributed by atoms with Crippen LogP contribution in [-0.2, 0) is 0 Å². The van der Waals surface area contributed by atoms with Gasteiger partial charge in [0.15, 0.2) is 11.6 Å². The molecular weight excluding hydrogens is 167 g/mol. The summed E-state index contributed by atoms with van der Waals surface area (Å²) in [5.74, 6) is 1.13. The van der Waals surface area contributed by atoms with Gasteiger partial charge >= 0.3 is 0 Å². The standard InChI is InChI=1S/C11H14FO/c1-4-13-11-9(8(2)3)6-5-7-10(11)12/h5-7H,4H2,1-3H3. The van der Waals surface area contributed by atoms with Crippen LogP contribution in [-0.4, -0.2) is 6.61 Å². The molecule has 0 aromatic heterocycles. The van der Waals surface area contributed by atoms with Gasteiger partial charge in [0.1, 0.15) is 0 Å². The molecule has 0 atom stereocenters. The predicted molar refractivity (Wildman–Crippen MR) is 51.3 cm³/mol. The van der Waals surface area contributed by atoms with Crippen molar-refractivity contribution in [3.05, 3.63) is 35.5 Å². The molecule has 13 heavy (non-hydrogen) atoms. The molecule has 0 heterocycles. The average molecular weight is 181 g/mol. The number of ether oxygens (including phenoxy) is 1.